The van der Waals surface area contributed by atoms with Gasteiger partial charge in [-0.15, -0.1) is 0 Å². The number of hydrogen-bond acceptors (Lipinski definition) is 4. The largest absolute Gasteiger partial charge is 0.350 e. The molecule has 3 amide bonds. The predicted molar refractivity (Wildman–Crippen MR) is 132 cm³/mol. The number of amides is 3. The van der Waals surface area contributed by atoms with Gasteiger partial charge in [0.05, 0.1) is 0 Å². The van der Waals surface area contributed by atoms with Crippen LogP contribution in [0.15, 0.2) is 30.5 Å². The summed E-state index contributed by atoms with van der Waals surface area (Å²) in [5.74, 6) is 0.509. The van der Waals surface area contributed by atoms with Crippen LogP contribution in [-0.2, 0) is 18.4 Å². The number of imide groups is 1. The summed E-state index contributed by atoms with van der Waals surface area (Å²) in [6.07, 6.45) is 4.55. The Bertz CT molecular complexity index is 1000. The van der Waals surface area contributed by atoms with E-state index in [2.05, 4.69) is 60.8 Å². The lowest BCUT2D eigenvalue weighted by molar-refractivity contribution is -0.135. The molecule has 4 rings (SSSR count). The summed E-state index contributed by atoms with van der Waals surface area (Å²) in [6.45, 7) is 8.67. The molecular weight excluding hydrogens is 414 g/mol. The molecule has 0 atom stereocenters. The molecule has 180 valence electrons. The van der Waals surface area contributed by atoms with Gasteiger partial charge in [0.15, 0.2) is 0 Å². The number of carbonyl (C=O) groups excluding carboxylic acids is 2. The SMILES string of the molecule is CC(C)CCN1C(=O)N(CCN(C)C)C(=O)C12CCN(Cc1cn(C)c3ccccc13)CC2. The number of rotatable bonds is 8. The lowest BCUT2D eigenvalue weighted by Gasteiger charge is -2.42. The molecule has 0 radical (unpaired) electrons. The maximum absolute atomic E-state index is 13.6. The molecule has 0 saturated carbocycles. The summed E-state index contributed by atoms with van der Waals surface area (Å²) < 4.78 is 2.19. The number of likely N-dealkylation sites (tertiary alicyclic amines) is 1. The first-order valence-electron chi connectivity index (χ1n) is 12.3. The Morgan fingerprint density at radius 1 is 1.06 bits per heavy atom. The number of fused-ring (bicyclic) bond motifs is 1. The standard InChI is InChI=1S/C26H39N5O2/c1-20(2)10-13-31-25(33)30(17-16-27(3)4)24(32)26(31)11-14-29(15-12-26)19-21-18-28(5)23-9-7-6-8-22(21)23/h6-9,18,20H,10-17,19H2,1-5H3. The number of para-hydroxylation sites is 1. The molecule has 3 heterocycles. The van der Waals surface area contributed by atoms with Gasteiger partial charge in [0, 0.05) is 63.4 Å². The van der Waals surface area contributed by atoms with Gasteiger partial charge >= 0.3 is 6.03 Å². The fourth-order valence-electron chi connectivity index (χ4n) is 5.33. The van der Waals surface area contributed by atoms with Gasteiger partial charge in [-0.3, -0.25) is 14.6 Å². The molecule has 1 aromatic carbocycles. The van der Waals surface area contributed by atoms with Crippen LogP contribution in [-0.4, -0.2) is 88.5 Å². The van der Waals surface area contributed by atoms with Crippen LogP contribution in [0.5, 0.6) is 0 Å². The van der Waals surface area contributed by atoms with E-state index in [0.717, 1.165) is 26.1 Å². The van der Waals surface area contributed by atoms with Gasteiger partial charge in [0.25, 0.3) is 5.91 Å². The highest BCUT2D eigenvalue weighted by atomic mass is 16.2. The first-order chi connectivity index (χ1) is 15.7. The molecule has 7 nitrogen and oxygen atoms in total. The monoisotopic (exact) mass is 453 g/mol. The minimum atomic E-state index is -0.673. The van der Waals surface area contributed by atoms with E-state index < -0.39 is 5.54 Å². The minimum absolute atomic E-state index is 0.0166. The van der Waals surface area contributed by atoms with E-state index in [1.807, 2.05) is 23.9 Å². The van der Waals surface area contributed by atoms with Gasteiger partial charge in [0.1, 0.15) is 5.54 Å². The van der Waals surface area contributed by atoms with Crippen molar-refractivity contribution in [2.24, 2.45) is 13.0 Å². The average Bonchev–Trinajstić information content (AvgIpc) is 3.19. The molecule has 33 heavy (non-hydrogen) atoms. The molecule has 0 aliphatic carbocycles. The Labute approximate surface area is 197 Å². The summed E-state index contributed by atoms with van der Waals surface area (Å²) in [7, 11) is 6.04. The van der Waals surface area contributed by atoms with Crippen LogP contribution in [0.2, 0.25) is 0 Å². The topological polar surface area (TPSA) is 52.0 Å². The van der Waals surface area contributed by atoms with Crippen molar-refractivity contribution in [3.8, 4) is 0 Å². The zero-order valence-corrected chi connectivity index (χ0v) is 20.9. The van der Waals surface area contributed by atoms with Crippen LogP contribution in [0.1, 0.15) is 38.7 Å². The van der Waals surface area contributed by atoms with Crippen molar-refractivity contribution < 1.29 is 9.59 Å². The Hall–Kier alpha value is -2.38. The van der Waals surface area contributed by atoms with E-state index in [0.29, 0.717) is 38.4 Å². The fourth-order valence-corrected chi connectivity index (χ4v) is 5.33. The first-order valence-corrected chi connectivity index (χ1v) is 12.3. The van der Waals surface area contributed by atoms with Crippen LogP contribution in [0.25, 0.3) is 10.9 Å². The van der Waals surface area contributed by atoms with E-state index in [9.17, 15) is 9.59 Å². The summed E-state index contributed by atoms with van der Waals surface area (Å²) in [5, 5.41) is 1.29. The number of urea groups is 1. The van der Waals surface area contributed by atoms with Crippen LogP contribution in [0.3, 0.4) is 0 Å². The lowest BCUT2D eigenvalue weighted by Crippen LogP contribution is -2.56. The van der Waals surface area contributed by atoms with E-state index >= 15 is 0 Å². The van der Waals surface area contributed by atoms with Gasteiger partial charge in [-0.25, -0.2) is 4.79 Å². The number of carbonyl (C=O) groups is 2. The molecule has 0 unspecified atom stereocenters. The van der Waals surface area contributed by atoms with E-state index in [-0.39, 0.29) is 11.9 Å². The summed E-state index contributed by atoms with van der Waals surface area (Å²) in [4.78, 5) is 34.9. The molecule has 0 N–H and O–H groups in total. The second-order valence-corrected chi connectivity index (χ2v) is 10.5. The number of piperidine rings is 1. The number of benzene rings is 1. The van der Waals surface area contributed by atoms with Crippen molar-refractivity contribution in [1.82, 2.24) is 24.2 Å². The minimum Gasteiger partial charge on any atom is -0.350 e. The predicted octanol–water partition coefficient (Wildman–Crippen LogP) is 3.38. The Balaban J connectivity index is 1.50. The van der Waals surface area contributed by atoms with Gasteiger partial charge in [-0.2, -0.15) is 0 Å². The maximum Gasteiger partial charge on any atom is 0.327 e. The quantitative estimate of drug-likeness (QED) is 0.575. The third-order valence-corrected chi connectivity index (χ3v) is 7.38. The smallest absolute Gasteiger partial charge is 0.327 e. The van der Waals surface area contributed by atoms with Crippen molar-refractivity contribution in [1.29, 1.82) is 0 Å². The van der Waals surface area contributed by atoms with Crippen molar-refractivity contribution in [3.63, 3.8) is 0 Å². The van der Waals surface area contributed by atoms with Crippen molar-refractivity contribution in [2.45, 2.75) is 45.2 Å². The van der Waals surface area contributed by atoms with Crippen LogP contribution >= 0.6 is 0 Å². The Kier molecular flexibility index (Phi) is 6.82. The summed E-state index contributed by atoms with van der Waals surface area (Å²) >= 11 is 0. The fraction of sp³-hybridized carbons (Fsp3) is 0.615. The third-order valence-electron chi connectivity index (χ3n) is 7.38. The van der Waals surface area contributed by atoms with E-state index in [4.69, 9.17) is 0 Å². The molecule has 1 aromatic heterocycles. The molecule has 2 aliphatic rings. The average molecular weight is 454 g/mol. The highest BCUT2D eigenvalue weighted by molar-refractivity contribution is 6.07. The number of aryl methyl sites for hydroxylation is 1. The van der Waals surface area contributed by atoms with Crippen molar-refractivity contribution >= 4 is 22.8 Å². The van der Waals surface area contributed by atoms with Crippen molar-refractivity contribution in [2.75, 3.05) is 46.8 Å². The molecule has 2 aliphatic heterocycles. The highest BCUT2D eigenvalue weighted by Gasteiger charge is 2.57. The third kappa shape index (κ3) is 4.53. The zero-order chi connectivity index (χ0) is 23.8. The van der Waals surface area contributed by atoms with Crippen molar-refractivity contribution in [3.05, 3.63) is 36.0 Å². The van der Waals surface area contributed by atoms with E-state index in [1.165, 1.54) is 21.4 Å². The number of nitrogens with zero attached hydrogens (tertiary/aromatic N) is 5. The molecule has 2 saturated heterocycles. The van der Waals surface area contributed by atoms with Gasteiger partial charge in [0.2, 0.25) is 0 Å². The van der Waals surface area contributed by atoms with E-state index in [1.54, 1.807) is 0 Å². The first kappa shape index (κ1) is 23.8. The molecule has 7 heteroatoms. The Morgan fingerprint density at radius 2 is 1.76 bits per heavy atom. The number of likely N-dealkylation sites (N-methyl/N-ethyl adjacent to an activating group) is 1. The van der Waals surface area contributed by atoms with Gasteiger partial charge in [-0.05, 0) is 50.9 Å². The normalized spacial score (nSPS) is 19.2. The summed E-state index contributed by atoms with van der Waals surface area (Å²) in [5.41, 5.74) is 1.89. The highest BCUT2D eigenvalue weighted by Crippen LogP contribution is 2.38. The molecule has 0 bridgehead atoms. The van der Waals surface area contributed by atoms with Gasteiger partial charge in [-0.1, -0.05) is 32.0 Å². The zero-order valence-electron chi connectivity index (χ0n) is 20.9. The van der Waals surface area contributed by atoms with Crippen LogP contribution in [0, 0.1) is 5.92 Å². The second kappa shape index (κ2) is 9.47. The second-order valence-electron chi connectivity index (χ2n) is 10.5. The molecular formula is C26H39N5O2. The van der Waals surface area contributed by atoms with Crippen LogP contribution in [0.4, 0.5) is 4.79 Å². The Morgan fingerprint density at radius 3 is 2.42 bits per heavy atom. The lowest BCUT2D eigenvalue weighted by atomic mass is 9.85. The number of aromatic nitrogens is 1. The van der Waals surface area contributed by atoms with Gasteiger partial charge < -0.3 is 14.4 Å². The molecule has 1 spiro atoms. The summed E-state index contributed by atoms with van der Waals surface area (Å²) in [6, 6.07) is 8.42. The van der Waals surface area contributed by atoms with Crippen LogP contribution < -0.4 is 0 Å². The molecule has 2 fully saturated rings. The maximum atomic E-state index is 13.6. The number of hydrogen-bond donors (Lipinski definition) is 0. The molecule has 2 aromatic rings.